The van der Waals surface area contributed by atoms with E-state index in [4.69, 9.17) is 18.9 Å². The number of urea groups is 1. The smallest absolute Gasteiger partial charge is 0.323 e. The van der Waals surface area contributed by atoms with Gasteiger partial charge in [0.25, 0.3) is 5.91 Å². The molecular formula is C34H44N6O6. The number of benzene rings is 3. The standard InChI is InChI=1S/C34H44N6O6/c1-43-27-21-26(22-28(24-27)44-2)37-34(42)36-25-9-10-30(29(23-25)33(41)35-11-6-12-38-17-19-46-20-18-38)39-13-15-40(16-14-39)31-7-4-5-8-32(31)45-3/h4-5,7-10,21-24H,6,11-20H2,1-3H3,(H,35,41)(H2,36,37,42). The topological polar surface area (TPSA) is 117 Å². The molecule has 12 nitrogen and oxygen atoms in total. The molecule has 2 fully saturated rings. The molecule has 0 atom stereocenters. The molecule has 2 aliphatic heterocycles. The summed E-state index contributed by atoms with van der Waals surface area (Å²) >= 11 is 0. The van der Waals surface area contributed by atoms with Crippen LogP contribution in [0.3, 0.4) is 0 Å². The van der Waals surface area contributed by atoms with Crippen molar-refractivity contribution in [3.05, 3.63) is 66.2 Å². The summed E-state index contributed by atoms with van der Waals surface area (Å²) in [7, 11) is 4.78. The molecule has 3 aromatic rings. The van der Waals surface area contributed by atoms with E-state index in [9.17, 15) is 9.59 Å². The van der Waals surface area contributed by atoms with Crippen molar-refractivity contribution in [2.24, 2.45) is 0 Å². The zero-order chi connectivity index (χ0) is 32.3. The van der Waals surface area contributed by atoms with Crippen LogP contribution in [0.5, 0.6) is 17.2 Å². The van der Waals surface area contributed by atoms with Gasteiger partial charge in [-0.3, -0.25) is 9.69 Å². The van der Waals surface area contributed by atoms with Gasteiger partial charge in [-0.1, -0.05) is 12.1 Å². The lowest BCUT2D eigenvalue weighted by molar-refractivity contribution is 0.0374. The number of nitrogens with zero attached hydrogens (tertiary/aromatic N) is 3. The quantitative estimate of drug-likeness (QED) is 0.254. The number of hydrogen-bond donors (Lipinski definition) is 3. The normalized spacial score (nSPS) is 15.2. The molecule has 0 bridgehead atoms. The van der Waals surface area contributed by atoms with Crippen molar-refractivity contribution < 1.29 is 28.5 Å². The summed E-state index contributed by atoms with van der Waals surface area (Å²) in [6.07, 6.45) is 0.836. The second-order valence-corrected chi connectivity index (χ2v) is 11.1. The van der Waals surface area contributed by atoms with Crippen molar-refractivity contribution in [2.75, 3.05) is 107 Å². The Morgan fingerprint density at radius 3 is 2.07 bits per heavy atom. The lowest BCUT2D eigenvalue weighted by Crippen LogP contribution is -2.47. The number of morpholine rings is 1. The first kappa shape index (κ1) is 32.7. The fraction of sp³-hybridized carbons (Fsp3) is 0.412. The van der Waals surface area contributed by atoms with Gasteiger partial charge in [-0.2, -0.15) is 0 Å². The van der Waals surface area contributed by atoms with E-state index in [1.54, 1.807) is 45.6 Å². The summed E-state index contributed by atoms with van der Waals surface area (Å²) in [5, 5.41) is 8.80. The Bertz CT molecular complexity index is 1450. The first-order valence-corrected chi connectivity index (χ1v) is 15.6. The van der Waals surface area contributed by atoms with Gasteiger partial charge in [0.2, 0.25) is 0 Å². The highest BCUT2D eigenvalue weighted by Gasteiger charge is 2.24. The summed E-state index contributed by atoms with van der Waals surface area (Å²) in [5.74, 6) is 1.77. The summed E-state index contributed by atoms with van der Waals surface area (Å²) in [4.78, 5) is 33.5. The molecular weight excluding hydrogens is 588 g/mol. The van der Waals surface area contributed by atoms with Gasteiger partial charge in [-0.15, -0.1) is 0 Å². The lowest BCUT2D eigenvalue weighted by atomic mass is 10.1. The van der Waals surface area contributed by atoms with E-state index < -0.39 is 6.03 Å². The van der Waals surface area contributed by atoms with Gasteiger partial charge in [0.15, 0.2) is 0 Å². The second kappa shape index (κ2) is 16.1. The predicted molar refractivity (Wildman–Crippen MR) is 180 cm³/mol. The minimum atomic E-state index is -0.453. The van der Waals surface area contributed by atoms with Crippen LogP contribution in [0, 0.1) is 0 Å². The van der Waals surface area contributed by atoms with E-state index >= 15 is 0 Å². The first-order chi connectivity index (χ1) is 22.5. The summed E-state index contributed by atoms with van der Waals surface area (Å²) in [6, 6.07) is 18.2. The number of hydrogen-bond acceptors (Lipinski definition) is 9. The molecule has 2 heterocycles. The number of rotatable bonds is 12. The minimum absolute atomic E-state index is 0.175. The van der Waals surface area contributed by atoms with E-state index in [0.717, 1.165) is 82.6 Å². The van der Waals surface area contributed by atoms with Crippen molar-refractivity contribution in [1.82, 2.24) is 10.2 Å². The van der Waals surface area contributed by atoms with Crippen LogP contribution in [0.1, 0.15) is 16.8 Å². The van der Waals surface area contributed by atoms with Crippen LogP contribution in [-0.2, 0) is 4.74 Å². The highest BCUT2D eigenvalue weighted by atomic mass is 16.5. The van der Waals surface area contributed by atoms with Crippen molar-refractivity contribution >= 4 is 34.7 Å². The molecule has 0 aromatic heterocycles. The van der Waals surface area contributed by atoms with Crippen LogP contribution in [-0.4, -0.2) is 104 Å². The lowest BCUT2D eigenvalue weighted by Gasteiger charge is -2.38. The van der Waals surface area contributed by atoms with Crippen molar-refractivity contribution in [2.45, 2.75) is 6.42 Å². The molecule has 246 valence electrons. The molecule has 2 saturated heterocycles. The Morgan fingerprint density at radius 1 is 0.739 bits per heavy atom. The van der Waals surface area contributed by atoms with E-state index in [2.05, 4.69) is 36.7 Å². The number of piperazine rings is 1. The monoisotopic (exact) mass is 632 g/mol. The number of anilines is 4. The average Bonchev–Trinajstić information content (AvgIpc) is 3.10. The Morgan fingerprint density at radius 2 is 1.39 bits per heavy atom. The maximum atomic E-state index is 13.6. The second-order valence-electron chi connectivity index (χ2n) is 11.1. The van der Waals surface area contributed by atoms with Gasteiger partial charge in [0, 0.05) is 81.1 Å². The van der Waals surface area contributed by atoms with Crippen LogP contribution in [0.25, 0.3) is 0 Å². The number of carbonyl (C=O) groups is 2. The molecule has 3 N–H and O–H groups in total. The molecule has 0 saturated carbocycles. The molecule has 0 unspecified atom stereocenters. The number of carbonyl (C=O) groups excluding carboxylic acids is 2. The first-order valence-electron chi connectivity index (χ1n) is 15.6. The number of methoxy groups -OCH3 is 3. The van der Waals surface area contributed by atoms with Crippen LogP contribution < -0.4 is 40.0 Å². The van der Waals surface area contributed by atoms with Gasteiger partial charge < -0.3 is 44.7 Å². The fourth-order valence-electron chi connectivity index (χ4n) is 5.75. The van der Waals surface area contributed by atoms with Gasteiger partial charge in [0.05, 0.1) is 45.8 Å². The fourth-order valence-corrected chi connectivity index (χ4v) is 5.75. The SMILES string of the molecule is COc1cc(NC(=O)Nc2ccc(N3CCN(c4ccccc4OC)CC3)c(C(=O)NCCCN3CCOCC3)c2)cc(OC)c1. The van der Waals surface area contributed by atoms with E-state index in [-0.39, 0.29) is 5.91 Å². The molecule has 2 aliphatic rings. The number of para-hydroxylation sites is 2. The molecule has 12 heteroatoms. The summed E-state index contributed by atoms with van der Waals surface area (Å²) in [6.45, 7) is 7.76. The number of nitrogens with one attached hydrogen (secondary N) is 3. The average molecular weight is 633 g/mol. The van der Waals surface area contributed by atoms with Crippen LogP contribution in [0.15, 0.2) is 60.7 Å². The molecule has 0 radical (unpaired) electrons. The largest absolute Gasteiger partial charge is 0.497 e. The van der Waals surface area contributed by atoms with Crippen LogP contribution in [0.2, 0.25) is 0 Å². The minimum Gasteiger partial charge on any atom is -0.497 e. The predicted octanol–water partition coefficient (Wildman–Crippen LogP) is 4.14. The Kier molecular flexibility index (Phi) is 11.4. The maximum Gasteiger partial charge on any atom is 0.323 e. The third-order valence-electron chi connectivity index (χ3n) is 8.19. The third-order valence-corrected chi connectivity index (χ3v) is 8.19. The van der Waals surface area contributed by atoms with Crippen molar-refractivity contribution in [3.63, 3.8) is 0 Å². The summed E-state index contributed by atoms with van der Waals surface area (Å²) < 4.78 is 21.6. The van der Waals surface area contributed by atoms with Crippen molar-refractivity contribution in [1.29, 1.82) is 0 Å². The summed E-state index contributed by atoms with van der Waals surface area (Å²) in [5.41, 5.74) is 3.41. The van der Waals surface area contributed by atoms with Gasteiger partial charge in [-0.25, -0.2) is 4.79 Å². The van der Waals surface area contributed by atoms with E-state index in [1.165, 1.54) is 0 Å². The van der Waals surface area contributed by atoms with Crippen LogP contribution >= 0.6 is 0 Å². The highest BCUT2D eigenvalue weighted by Crippen LogP contribution is 2.31. The molecule has 0 spiro atoms. The van der Waals surface area contributed by atoms with Crippen LogP contribution in [0.4, 0.5) is 27.5 Å². The maximum absolute atomic E-state index is 13.6. The third kappa shape index (κ3) is 8.52. The van der Waals surface area contributed by atoms with Gasteiger partial charge in [0.1, 0.15) is 17.2 Å². The molecule has 3 aromatic carbocycles. The van der Waals surface area contributed by atoms with Crippen molar-refractivity contribution in [3.8, 4) is 17.2 Å². The Balaban J connectivity index is 1.28. The Hall–Kier alpha value is -4.68. The van der Waals surface area contributed by atoms with E-state index in [1.807, 2.05) is 30.3 Å². The van der Waals surface area contributed by atoms with Gasteiger partial charge in [-0.05, 0) is 43.3 Å². The molecule has 5 rings (SSSR count). The number of ether oxygens (including phenoxy) is 4. The molecule has 3 amide bonds. The zero-order valence-corrected chi connectivity index (χ0v) is 26.8. The molecule has 0 aliphatic carbocycles. The Labute approximate surface area is 270 Å². The highest BCUT2D eigenvalue weighted by molar-refractivity contribution is 6.04. The molecule has 46 heavy (non-hydrogen) atoms. The van der Waals surface area contributed by atoms with E-state index in [0.29, 0.717) is 35.0 Å². The number of amides is 3. The zero-order valence-electron chi connectivity index (χ0n) is 26.8. The van der Waals surface area contributed by atoms with Gasteiger partial charge >= 0.3 is 6.03 Å².